The van der Waals surface area contributed by atoms with Crippen molar-refractivity contribution in [3.63, 3.8) is 0 Å². The van der Waals surface area contributed by atoms with Crippen LogP contribution in [-0.2, 0) is 10.5 Å². The van der Waals surface area contributed by atoms with Crippen LogP contribution in [0.3, 0.4) is 0 Å². The van der Waals surface area contributed by atoms with E-state index in [-0.39, 0.29) is 11.7 Å². The number of anilines is 2. The van der Waals surface area contributed by atoms with Gasteiger partial charge >= 0.3 is 0 Å². The smallest absolute Gasteiger partial charge is 0.236 e. The largest absolute Gasteiger partial charge is 0.374 e. The first-order valence-electron chi connectivity index (χ1n) is 6.81. The van der Waals surface area contributed by atoms with Gasteiger partial charge in [-0.05, 0) is 17.7 Å². The molecule has 3 rings (SSSR count). The molecule has 0 fully saturated rings. The number of rotatable bonds is 7. The van der Waals surface area contributed by atoms with Crippen molar-refractivity contribution in [2.24, 2.45) is 0 Å². The second-order valence-electron chi connectivity index (χ2n) is 4.53. The minimum Gasteiger partial charge on any atom is -0.374 e. The summed E-state index contributed by atoms with van der Waals surface area (Å²) >= 11 is 11.3. The standard InChI is InChI=1S/C13H11ClN6OS4/c14-8-3-1-7(2-4-8)5-22-13-20-18-11(25-13)16-9(21)6-23-12-19-17-10(15)24-12/h1-4H,5-6H2,(H2,15,17)(H,16,18,21). The molecule has 2 heterocycles. The van der Waals surface area contributed by atoms with Crippen LogP contribution in [-0.4, -0.2) is 32.1 Å². The molecule has 0 aliphatic carbocycles. The predicted octanol–water partition coefficient (Wildman–Crippen LogP) is 3.65. The van der Waals surface area contributed by atoms with Crippen LogP contribution in [0.4, 0.5) is 10.3 Å². The third-order valence-electron chi connectivity index (χ3n) is 2.68. The Balaban J connectivity index is 1.45. The van der Waals surface area contributed by atoms with Crippen LogP contribution in [0.25, 0.3) is 0 Å². The van der Waals surface area contributed by atoms with Gasteiger partial charge in [-0.25, -0.2) is 0 Å². The summed E-state index contributed by atoms with van der Waals surface area (Å²) in [6.07, 6.45) is 0. The number of nitrogens with two attached hydrogens (primary N) is 1. The zero-order valence-electron chi connectivity index (χ0n) is 12.5. The summed E-state index contributed by atoms with van der Waals surface area (Å²) < 4.78 is 1.44. The number of amides is 1. The molecule has 25 heavy (non-hydrogen) atoms. The van der Waals surface area contributed by atoms with Gasteiger partial charge in [0.25, 0.3) is 0 Å². The van der Waals surface area contributed by atoms with Crippen LogP contribution in [0.15, 0.2) is 32.9 Å². The molecule has 0 saturated carbocycles. The van der Waals surface area contributed by atoms with Crippen molar-refractivity contribution < 1.29 is 4.79 Å². The Morgan fingerprint density at radius 1 is 1.08 bits per heavy atom. The van der Waals surface area contributed by atoms with E-state index in [1.54, 1.807) is 11.8 Å². The summed E-state index contributed by atoms with van der Waals surface area (Å²) in [6.45, 7) is 0. The fraction of sp³-hybridized carbons (Fsp3) is 0.154. The average molecular weight is 431 g/mol. The zero-order chi connectivity index (χ0) is 17.6. The predicted molar refractivity (Wildman–Crippen MR) is 105 cm³/mol. The van der Waals surface area contributed by atoms with Gasteiger partial charge in [-0.3, -0.25) is 10.1 Å². The van der Waals surface area contributed by atoms with Crippen LogP contribution in [0.1, 0.15) is 5.56 Å². The van der Waals surface area contributed by atoms with Crippen LogP contribution in [0.5, 0.6) is 0 Å². The maximum atomic E-state index is 11.9. The minimum absolute atomic E-state index is 0.177. The molecule has 1 amide bonds. The maximum absolute atomic E-state index is 11.9. The van der Waals surface area contributed by atoms with Crippen LogP contribution < -0.4 is 11.1 Å². The number of carbonyl (C=O) groups is 1. The number of hydrogen-bond donors (Lipinski definition) is 2. The number of nitrogens with one attached hydrogen (secondary N) is 1. The normalized spacial score (nSPS) is 10.8. The topological polar surface area (TPSA) is 107 Å². The highest BCUT2D eigenvalue weighted by molar-refractivity contribution is 8.01. The van der Waals surface area contributed by atoms with Crippen molar-refractivity contribution in [2.75, 3.05) is 16.8 Å². The van der Waals surface area contributed by atoms with Crippen molar-refractivity contribution in [3.05, 3.63) is 34.9 Å². The number of benzene rings is 1. The molecule has 3 aromatic rings. The fourth-order valence-electron chi connectivity index (χ4n) is 1.61. The van der Waals surface area contributed by atoms with Gasteiger partial charge in [-0.2, -0.15) is 0 Å². The molecule has 3 N–H and O–H groups in total. The van der Waals surface area contributed by atoms with Gasteiger partial charge in [0.05, 0.1) is 5.75 Å². The maximum Gasteiger partial charge on any atom is 0.236 e. The molecule has 0 saturated heterocycles. The van der Waals surface area contributed by atoms with E-state index in [9.17, 15) is 4.79 Å². The average Bonchev–Trinajstić information content (AvgIpc) is 3.21. The van der Waals surface area contributed by atoms with Crippen molar-refractivity contribution in [1.82, 2.24) is 20.4 Å². The van der Waals surface area contributed by atoms with Crippen molar-refractivity contribution in [1.29, 1.82) is 0 Å². The van der Waals surface area contributed by atoms with Gasteiger partial charge < -0.3 is 5.73 Å². The summed E-state index contributed by atoms with van der Waals surface area (Å²) in [6, 6.07) is 7.64. The zero-order valence-corrected chi connectivity index (χ0v) is 16.5. The number of hydrogen-bond acceptors (Lipinski definition) is 10. The quantitative estimate of drug-likeness (QED) is 0.432. The Hall–Kier alpha value is -1.40. The third-order valence-corrected chi connectivity index (χ3v) is 6.86. The summed E-state index contributed by atoms with van der Waals surface area (Å²) in [5.74, 6) is 0.791. The molecule has 7 nitrogen and oxygen atoms in total. The van der Waals surface area contributed by atoms with Crippen molar-refractivity contribution >= 4 is 74.0 Å². The van der Waals surface area contributed by atoms with E-state index in [1.165, 1.54) is 34.4 Å². The molecule has 0 bridgehead atoms. The van der Waals surface area contributed by atoms with Gasteiger partial charge in [0.1, 0.15) is 0 Å². The monoisotopic (exact) mass is 430 g/mol. The first kappa shape index (κ1) is 18.4. The number of carbonyl (C=O) groups excluding carboxylic acids is 1. The minimum atomic E-state index is -0.177. The molecule has 0 atom stereocenters. The van der Waals surface area contributed by atoms with Gasteiger partial charge in [-0.1, -0.05) is 69.9 Å². The second kappa shape index (κ2) is 8.81. The number of nitrogens with zero attached hydrogens (tertiary/aromatic N) is 4. The van der Waals surface area contributed by atoms with E-state index < -0.39 is 0 Å². The molecule has 2 aromatic heterocycles. The number of thioether (sulfide) groups is 2. The lowest BCUT2D eigenvalue weighted by Gasteiger charge is -1.99. The van der Waals surface area contributed by atoms with Crippen LogP contribution in [0.2, 0.25) is 5.02 Å². The van der Waals surface area contributed by atoms with Gasteiger partial charge in [0, 0.05) is 10.8 Å². The highest BCUT2D eigenvalue weighted by atomic mass is 35.5. The molecule has 1 aromatic carbocycles. The molecule has 0 radical (unpaired) electrons. The Kier molecular flexibility index (Phi) is 6.48. The summed E-state index contributed by atoms with van der Waals surface area (Å²) in [5, 5.41) is 19.9. The molecule has 0 spiro atoms. The third kappa shape index (κ3) is 5.82. The molecule has 0 aliphatic rings. The highest BCUT2D eigenvalue weighted by Gasteiger charge is 2.11. The van der Waals surface area contributed by atoms with E-state index in [2.05, 4.69) is 25.7 Å². The van der Waals surface area contributed by atoms with Crippen LogP contribution >= 0.6 is 57.8 Å². The lowest BCUT2D eigenvalue weighted by Crippen LogP contribution is -2.13. The summed E-state index contributed by atoms with van der Waals surface area (Å²) in [4.78, 5) is 11.9. The Morgan fingerprint density at radius 3 is 2.52 bits per heavy atom. The Bertz CT molecular complexity index is 852. The summed E-state index contributed by atoms with van der Waals surface area (Å²) in [5.41, 5.74) is 6.64. The summed E-state index contributed by atoms with van der Waals surface area (Å²) in [7, 11) is 0. The Morgan fingerprint density at radius 2 is 1.80 bits per heavy atom. The van der Waals surface area contributed by atoms with E-state index in [0.29, 0.717) is 19.6 Å². The Labute approximate surface area is 164 Å². The van der Waals surface area contributed by atoms with E-state index in [4.69, 9.17) is 17.3 Å². The van der Waals surface area contributed by atoms with Gasteiger partial charge in [-0.15, -0.1) is 20.4 Å². The number of nitrogen functional groups attached to an aromatic ring is 1. The molecule has 12 heteroatoms. The van der Waals surface area contributed by atoms with Crippen molar-refractivity contribution in [3.8, 4) is 0 Å². The molecular formula is C13H11ClN6OS4. The first-order chi connectivity index (χ1) is 12.1. The molecule has 130 valence electrons. The lowest BCUT2D eigenvalue weighted by molar-refractivity contribution is -0.113. The van der Waals surface area contributed by atoms with E-state index in [0.717, 1.165) is 15.7 Å². The molecule has 0 aliphatic heterocycles. The first-order valence-corrected chi connectivity index (χ1v) is 10.8. The van der Waals surface area contributed by atoms with E-state index in [1.807, 2.05) is 24.3 Å². The number of halogens is 1. The second-order valence-corrected chi connectivity index (χ2v) is 9.40. The molecular weight excluding hydrogens is 420 g/mol. The van der Waals surface area contributed by atoms with Gasteiger partial charge in [0.15, 0.2) is 8.68 Å². The van der Waals surface area contributed by atoms with Gasteiger partial charge in [0.2, 0.25) is 16.2 Å². The van der Waals surface area contributed by atoms with Crippen molar-refractivity contribution in [2.45, 2.75) is 14.4 Å². The fourth-order valence-corrected chi connectivity index (χ4v) is 4.89. The molecule has 0 unspecified atom stereocenters. The SMILES string of the molecule is Nc1nnc(SCC(=O)Nc2nnc(SCc3ccc(Cl)cc3)s2)s1. The number of aromatic nitrogens is 4. The van der Waals surface area contributed by atoms with E-state index >= 15 is 0 Å². The van der Waals surface area contributed by atoms with Crippen LogP contribution in [0, 0.1) is 0 Å². The highest BCUT2D eigenvalue weighted by Crippen LogP contribution is 2.29. The lowest BCUT2D eigenvalue weighted by atomic mass is 10.2.